The van der Waals surface area contributed by atoms with E-state index in [-0.39, 0.29) is 0 Å². The van der Waals surface area contributed by atoms with Crippen molar-refractivity contribution in [1.82, 2.24) is 4.90 Å². The molecule has 0 amide bonds. The SMILES string of the molecule is CC(C)(C)CN1CCC12CCC2. The molecule has 0 bridgehead atoms. The smallest absolute Gasteiger partial charge is 0.0222 e. The third-order valence-electron chi connectivity index (χ3n) is 3.47. The average molecular weight is 167 g/mol. The van der Waals surface area contributed by atoms with Crippen molar-refractivity contribution in [2.75, 3.05) is 13.1 Å². The standard InChI is InChI=1S/C11H21N/c1-10(2,3)9-12-8-7-11(12)5-4-6-11/h4-9H2,1-3H3. The third-order valence-corrected chi connectivity index (χ3v) is 3.47. The Morgan fingerprint density at radius 1 is 1.17 bits per heavy atom. The second-order valence-corrected chi connectivity index (χ2v) is 5.81. The maximum absolute atomic E-state index is 2.72. The molecule has 0 radical (unpaired) electrons. The lowest BCUT2D eigenvalue weighted by atomic mass is 9.67. The highest BCUT2D eigenvalue weighted by molar-refractivity contribution is 5.05. The number of hydrogen-bond acceptors (Lipinski definition) is 1. The summed E-state index contributed by atoms with van der Waals surface area (Å²) in [6.45, 7) is 9.69. The van der Waals surface area contributed by atoms with Crippen LogP contribution >= 0.6 is 0 Å². The van der Waals surface area contributed by atoms with E-state index in [0.29, 0.717) is 11.0 Å². The molecule has 2 aliphatic rings. The highest BCUT2D eigenvalue weighted by atomic mass is 15.3. The van der Waals surface area contributed by atoms with Crippen LogP contribution in [0, 0.1) is 5.41 Å². The zero-order chi connectivity index (χ0) is 8.82. The summed E-state index contributed by atoms with van der Waals surface area (Å²) in [5, 5.41) is 0. The van der Waals surface area contributed by atoms with Crippen molar-refractivity contribution in [1.29, 1.82) is 0 Å². The molecule has 2 fully saturated rings. The Labute approximate surface area is 76.1 Å². The lowest BCUT2D eigenvalue weighted by Gasteiger charge is -2.60. The second-order valence-electron chi connectivity index (χ2n) is 5.81. The minimum absolute atomic E-state index is 0.489. The molecule has 1 nitrogen and oxygen atoms in total. The Morgan fingerprint density at radius 2 is 1.83 bits per heavy atom. The first-order chi connectivity index (χ1) is 5.52. The summed E-state index contributed by atoms with van der Waals surface area (Å²) in [6.07, 6.45) is 5.90. The van der Waals surface area contributed by atoms with Gasteiger partial charge in [0.15, 0.2) is 0 Å². The van der Waals surface area contributed by atoms with Crippen molar-refractivity contribution in [3.63, 3.8) is 0 Å². The number of hydrogen-bond donors (Lipinski definition) is 0. The Kier molecular flexibility index (Phi) is 1.76. The zero-order valence-corrected chi connectivity index (χ0v) is 8.69. The van der Waals surface area contributed by atoms with Crippen LogP contribution in [0.1, 0.15) is 46.5 Å². The lowest BCUT2D eigenvalue weighted by Crippen LogP contribution is -2.65. The van der Waals surface area contributed by atoms with Crippen LogP contribution in [0.15, 0.2) is 0 Å². The van der Waals surface area contributed by atoms with Gasteiger partial charge >= 0.3 is 0 Å². The molecule has 0 atom stereocenters. The molecule has 0 aromatic rings. The van der Waals surface area contributed by atoms with E-state index >= 15 is 0 Å². The Hall–Kier alpha value is -0.0400. The van der Waals surface area contributed by atoms with Crippen LogP contribution < -0.4 is 0 Å². The Bertz CT molecular complexity index is 168. The predicted octanol–water partition coefficient (Wildman–Crippen LogP) is 2.66. The molecular weight excluding hydrogens is 146 g/mol. The van der Waals surface area contributed by atoms with Gasteiger partial charge in [-0.25, -0.2) is 0 Å². The molecule has 0 N–H and O–H groups in total. The predicted molar refractivity (Wildman–Crippen MR) is 52.2 cm³/mol. The first kappa shape index (κ1) is 8.55. The highest BCUT2D eigenvalue weighted by Gasteiger charge is 2.49. The summed E-state index contributed by atoms with van der Waals surface area (Å²) in [5.41, 5.74) is 1.19. The Balaban J connectivity index is 1.89. The van der Waals surface area contributed by atoms with Crippen LogP contribution in [0.2, 0.25) is 0 Å². The van der Waals surface area contributed by atoms with Gasteiger partial charge in [0.2, 0.25) is 0 Å². The maximum Gasteiger partial charge on any atom is 0.0222 e. The van der Waals surface area contributed by atoms with E-state index in [0.717, 1.165) is 0 Å². The average Bonchev–Trinajstić information content (AvgIpc) is 1.75. The number of rotatable bonds is 1. The summed E-state index contributed by atoms with van der Waals surface area (Å²) in [5.74, 6) is 0. The molecule has 0 aromatic heterocycles. The molecule has 0 aromatic carbocycles. The Morgan fingerprint density at radius 3 is 2.08 bits per heavy atom. The van der Waals surface area contributed by atoms with Gasteiger partial charge in [0, 0.05) is 18.6 Å². The summed E-state index contributed by atoms with van der Waals surface area (Å²) < 4.78 is 0. The van der Waals surface area contributed by atoms with Crippen LogP contribution in [-0.4, -0.2) is 23.5 Å². The first-order valence-corrected chi connectivity index (χ1v) is 5.27. The van der Waals surface area contributed by atoms with Crippen molar-refractivity contribution < 1.29 is 0 Å². The first-order valence-electron chi connectivity index (χ1n) is 5.27. The lowest BCUT2D eigenvalue weighted by molar-refractivity contribution is -0.0885. The van der Waals surface area contributed by atoms with Crippen molar-refractivity contribution in [3.05, 3.63) is 0 Å². The van der Waals surface area contributed by atoms with E-state index < -0.39 is 0 Å². The van der Waals surface area contributed by atoms with Crippen LogP contribution in [0.5, 0.6) is 0 Å². The molecule has 70 valence electrons. The van der Waals surface area contributed by atoms with Crippen LogP contribution in [0.4, 0.5) is 0 Å². The molecule has 12 heavy (non-hydrogen) atoms. The van der Waals surface area contributed by atoms with Crippen molar-refractivity contribution in [2.45, 2.75) is 52.0 Å². The van der Waals surface area contributed by atoms with E-state index in [1.807, 2.05) is 0 Å². The molecule has 0 unspecified atom stereocenters. The van der Waals surface area contributed by atoms with Crippen LogP contribution in [-0.2, 0) is 0 Å². The fourth-order valence-corrected chi connectivity index (χ4v) is 2.56. The van der Waals surface area contributed by atoms with Gasteiger partial charge in [-0.3, -0.25) is 4.90 Å². The molecular formula is C11H21N. The molecule has 1 heteroatoms. The number of likely N-dealkylation sites (tertiary alicyclic amines) is 1. The van der Waals surface area contributed by atoms with Crippen molar-refractivity contribution in [3.8, 4) is 0 Å². The van der Waals surface area contributed by atoms with Gasteiger partial charge in [0.05, 0.1) is 0 Å². The van der Waals surface area contributed by atoms with E-state index in [1.165, 1.54) is 38.8 Å². The van der Waals surface area contributed by atoms with Gasteiger partial charge in [-0.05, 0) is 31.1 Å². The summed E-state index contributed by atoms with van der Waals surface area (Å²) in [4.78, 5) is 2.72. The fraction of sp³-hybridized carbons (Fsp3) is 1.00. The largest absolute Gasteiger partial charge is 0.297 e. The minimum atomic E-state index is 0.489. The van der Waals surface area contributed by atoms with E-state index in [9.17, 15) is 0 Å². The van der Waals surface area contributed by atoms with E-state index in [4.69, 9.17) is 0 Å². The van der Waals surface area contributed by atoms with Gasteiger partial charge in [-0.2, -0.15) is 0 Å². The normalized spacial score (nSPS) is 28.2. The van der Waals surface area contributed by atoms with Gasteiger partial charge < -0.3 is 0 Å². The van der Waals surface area contributed by atoms with Gasteiger partial charge in [0.25, 0.3) is 0 Å². The summed E-state index contributed by atoms with van der Waals surface area (Å²) >= 11 is 0. The molecule has 2 rings (SSSR count). The maximum atomic E-state index is 2.72. The molecule has 1 aliphatic heterocycles. The van der Waals surface area contributed by atoms with Gasteiger partial charge in [0.1, 0.15) is 0 Å². The quantitative estimate of drug-likeness (QED) is 0.580. The van der Waals surface area contributed by atoms with Crippen LogP contribution in [0.25, 0.3) is 0 Å². The minimum Gasteiger partial charge on any atom is -0.297 e. The molecule has 1 spiro atoms. The van der Waals surface area contributed by atoms with Crippen molar-refractivity contribution in [2.24, 2.45) is 5.41 Å². The number of nitrogens with zero attached hydrogens (tertiary/aromatic N) is 1. The molecule has 1 aliphatic carbocycles. The topological polar surface area (TPSA) is 3.24 Å². The van der Waals surface area contributed by atoms with E-state index in [2.05, 4.69) is 25.7 Å². The fourth-order valence-electron chi connectivity index (χ4n) is 2.56. The summed E-state index contributed by atoms with van der Waals surface area (Å²) in [6, 6.07) is 0. The zero-order valence-electron chi connectivity index (χ0n) is 8.69. The highest BCUT2D eigenvalue weighted by Crippen LogP contribution is 2.47. The third kappa shape index (κ3) is 1.28. The summed E-state index contributed by atoms with van der Waals surface area (Å²) in [7, 11) is 0. The second kappa shape index (κ2) is 2.47. The monoisotopic (exact) mass is 167 g/mol. The van der Waals surface area contributed by atoms with Gasteiger partial charge in [-0.1, -0.05) is 20.8 Å². The van der Waals surface area contributed by atoms with Crippen LogP contribution in [0.3, 0.4) is 0 Å². The van der Waals surface area contributed by atoms with Gasteiger partial charge in [-0.15, -0.1) is 0 Å². The molecule has 1 heterocycles. The molecule has 1 saturated carbocycles. The molecule has 1 saturated heterocycles. The van der Waals surface area contributed by atoms with E-state index in [1.54, 1.807) is 0 Å². The van der Waals surface area contributed by atoms with Crippen molar-refractivity contribution >= 4 is 0 Å².